The fourth-order valence-corrected chi connectivity index (χ4v) is 4.58. The molecule has 0 aliphatic heterocycles. The Labute approximate surface area is 180 Å². The first kappa shape index (κ1) is 21.0. The van der Waals surface area contributed by atoms with Crippen molar-refractivity contribution >= 4 is 45.4 Å². The summed E-state index contributed by atoms with van der Waals surface area (Å²) in [7, 11) is 1.70. The minimum atomic E-state index is 0.616. The van der Waals surface area contributed by atoms with Gasteiger partial charge in [0.25, 0.3) is 0 Å². The van der Waals surface area contributed by atoms with Gasteiger partial charge in [0, 0.05) is 22.0 Å². The van der Waals surface area contributed by atoms with Crippen LogP contribution in [0.2, 0.25) is 10.0 Å². The van der Waals surface area contributed by atoms with Gasteiger partial charge in [0.2, 0.25) is 0 Å². The van der Waals surface area contributed by atoms with Crippen molar-refractivity contribution < 1.29 is 4.74 Å². The number of aromatic nitrogens is 1. The quantitative estimate of drug-likeness (QED) is 0.399. The van der Waals surface area contributed by atoms with Gasteiger partial charge in [-0.05, 0) is 62.6 Å². The molecule has 0 atom stereocenters. The highest BCUT2D eigenvalue weighted by Crippen LogP contribution is 2.42. The summed E-state index contributed by atoms with van der Waals surface area (Å²) in [6, 6.07) is 10.0. The molecular weight excluding hydrogens is 411 g/mol. The van der Waals surface area contributed by atoms with Gasteiger partial charge in [-0.15, -0.1) is 11.3 Å². The summed E-state index contributed by atoms with van der Waals surface area (Å²) in [6.07, 6.45) is 0.992. The smallest absolute Gasteiger partial charge is 0.190 e. The molecule has 0 bridgehead atoms. The van der Waals surface area contributed by atoms with E-state index < -0.39 is 0 Å². The zero-order valence-electron chi connectivity index (χ0n) is 16.8. The highest BCUT2D eigenvalue weighted by Gasteiger charge is 2.21. The van der Waals surface area contributed by atoms with Crippen LogP contribution in [-0.2, 0) is 0 Å². The standard InChI is InChI=1S/C22H24Cl2N2OS/c1-6-9-26(19-10-13(2)7-8-20(19)27-5)22-25-21(15(4)28-22)16-11-14(3)17(23)12-18(16)24/h7-8,10-12H,6,9H2,1-5H3. The first-order valence-electron chi connectivity index (χ1n) is 9.21. The predicted molar refractivity (Wildman–Crippen MR) is 122 cm³/mol. The maximum atomic E-state index is 6.49. The van der Waals surface area contributed by atoms with Gasteiger partial charge >= 0.3 is 0 Å². The van der Waals surface area contributed by atoms with Crippen LogP contribution in [0.1, 0.15) is 29.3 Å². The average Bonchev–Trinajstić information content (AvgIpc) is 3.03. The lowest BCUT2D eigenvalue weighted by Crippen LogP contribution is -2.18. The van der Waals surface area contributed by atoms with E-state index in [1.165, 1.54) is 5.56 Å². The number of aryl methyl sites for hydroxylation is 3. The Bertz CT molecular complexity index is 1000. The van der Waals surface area contributed by atoms with Crippen molar-refractivity contribution in [2.75, 3.05) is 18.6 Å². The summed E-state index contributed by atoms with van der Waals surface area (Å²) in [5, 5.41) is 2.21. The summed E-state index contributed by atoms with van der Waals surface area (Å²) < 4.78 is 5.62. The third-order valence-electron chi connectivity index (χ3n) is 4.59. The van der Waals surface area contributed by atoms with Gasteiger partial charge < -0.3 is 9.64 Å². The second-order valence-electron chi connectivity index (χ2n) is 6.81. The van der Waals surface area contributed by atoms with Crippen LogP contribution in [0.15, 0.2) is 30.3 Å². The van der Waals surface area contributed by atoms with E-state index in [0.29, 0.717) is 10.0 Å². The highest BCUT2D eigenvalue weighted by molar-refractivity contribution is 7.16. The summed E-state index contributed by atoms with van der Waals surface area (Å²) >= 11 is 14.4. The number of nitrogens with zero attached hydrogens (tertiary/aromatic N) is 2. The van der Waals surface area contributed by atoms with Crippen LogP contribution in [0.3, 0.4) is 0 Å². The van der Waals surface area contributed by atoms with Crippen molar-refractivity contribution in [2.45, 2.75) is 34.1 Å². The molecule has 0 aliphatic carbocycles. The third kappa shape index (κ3) is 4.14. The number of hydrogen-bond donors (Lipinski definition) is 0. The summed E-state index contributed by atoms with van der Waals surface area (Å²) in [5.74, 6) is 0.842. The van der Waals surface area contributed by atoms with Crippen molar-refractivity contribution in [3.63, 3.8) is 0 Å². The van der Waals surface area contributed by atoms with E-state index in [0.717, 1.165) is 51.2 Å². The number of thiazole rings is 1. The number of anilines is 2. The summed E-state index contributed by atoms with van der Waals surface area (Å²) in [6.45, 7) is 9.15. The summed E-state index contributed by atoms with van der Waals surface area (Å²) in [4.78, 5) is 8.32. The van der Waals surface area contributed by atoms with Gasteiger partial charge in [0.1, 0.15) is 5.75 Å². The molecule has 0 radical (unpaired) electrons. The van der Waals surface area contributed by atoms with Crippen molar-refractivity contribution in [3.05, 3.63) is 56.4 Å². The topological polar surface area (TPSA) is 25.4 Å². The molecule has 0 saturated heterocycles. The lowest BCUT2D eigenvalue weighted by molar-refractivity contribution is 0.415. The van der Waals surface area contributed by atoms with Gasteiger partial charge in [0.05, 0.1) is 23.5 Å². The second-order valence-corrected chi connectivity index (χ2v) is 8.81. The van der Waals surface area contributed by atoms with Crippen LogP contribution in [-0.4, -0.2) is 18.6 Å². The number of methoxy groups -OCH3 is 1. The molecular formula is C22H24Cl2N2OS. The zero-order chi connectivity index (χ0) is 20.4. The van der Waals surface area contributed by atoms with Gasteiger partial charge in [-0.2, -0.15) is 0 Å². The van der Waals surface area contributed by atoms with Gasteiger partial charge in [0.15, 0.2) is 5.13 Å². The van der Waals surface area contributed by atoms with Crippen LogP contribution in [0, 0.1) is 20.8 Å². The molecule has 3 rings (SSSR count). The number of benzene rings is 2. The SMILES string of the molecule is CCCN(c1nc(-c2cc(C)c(Cl)cc2Cl)c(C)s1)c1cc(C)ccc1OC. The fraction of sp³-hybridized carbons (Fsp3) is 0.318. The molecule has 3 aromatic rings. The number of hydrogen-bond acceptors (Lipinski definition) is 4. The molecule has 3 nitrogen and oxygen atoms in total. The minimum absolute atomic E-state index is 0.616. The Morgan fingerprint density at radius 3 is 2.50 bits per heavy atom. The van der Waals surface area contributed by atoms with Crippen molar-refractivity contribution in [2.24, 2.45) is 0 Å². The summed E-state index contributed by atoms with van der Waals surface area (Å²) in [5.41, 5.74) is 5.01. The van der Waals surface area contributed by atoms with E-state index in [-0.39, 0.29) is 0 Å². The lowest BCUT2D eigenvalue weighted by Gasteiger charge is -2.24. The predicted octanol–water partition coefficient (Wildman–Crippen LogP) is 7.60. The van der Waals surface area contributed by atoms with Crippen molar-refractivity contribution in [1.82, 2.24) is 4.98 Å². The molecule has 148 valence electrons. The molecule has 28 heavy (non-hydrogen) atoms. The van der Waals surface area contributed by atoms with Gasteiger partial charge in [-0.1, -0.05) is 36.2 Å². The Hall–Kier alpha value is -1.75. The average molecular weight is 435 g/mol. The first-order chi connectivity index (χ1) is 13.3. The van der Waals surface area contributed by atoms with Crippen molar-refractivity contribution in [1.29, 1.82) is 0 Å². The third-order valence-corrected chi connectivity index (χ3v) is 6.31. The molecule has 0 spiro atoms. The normalized spacial score (nSPS) is 11.0. The van der Waals surface area contributed by atoms with Crippen LogP contribution in [0.5, 0.6) is 5.75 Å². The molecule has 0 N–H and O–H groups in total. The molecule has 2 aromatic carbocycles. The maximum absolute atomic E-state index is 6.49. The maximum Gasteiger partial charge on any atom is 0.190 e. The molecule has 0 saturated carbocycles. The molecule has 1 aromatic heterocycles. The second kappa shape index (κ2) is 8.73. The van der Waals surface area contributed by atoms with Crippen LogP contribution in [0.25, 0.3) is 11.3 Å². The zero-order valence-corrected chi connectivity index (χ0v) is 19.1. The molecule has 0 aliphatic rings. The van der Waals surface area contributed by atoms with Crippen LogP contribution < -0.4 is 9.64 Å². The van der Waals surface area contributed by atoms with E-state index in [1.54, 1.807) is 24.5 Å². The fourth-order valence-electron chi connectivity index (χ4n) is 3.14. The van der Waals surface area contributed by atoms with E-state index in [9.17, 15) is 0 Å². The van der Waals surface area contributed by atoms with Crippen LogP contribution >= 0.6 is 34.5 Å². The van der Waals surface area contributed by atoms with Crippen molar-refractivity contribution in [3.8, 4) is 17.0 Å². The minimum Gasteiger partial charge on any atom is -0.495 e. The molecule has 0 unspecified atom stereocenters. The molecule has 1 heterocycles. The Morgan fingerprint density at radius 1 is 1.07 bits per heavy atom. The molecule has 6 heteroatoms. The molecule has 0 amide bonds. The van der Waals surface area contributed by atoms with Gasteiger partial charge in [-0.3, -0.25) is 0 Å². The van der Waals surface area contributed by atoms with E-state index in [1.807, 2.05) is 19.1 Å². The Morgan fingerprint density at radius 2 is 1.82 bits per heavy atom. The van der Waals surface area contributed by atoms with Crippen LogP contribution in [0.4, 0.5) is 10.8 Å². The Kier molecular flexibility index (Phi) is 6.54. The Balaban J connectivity index is 2.12. The van der Waals surface area contributed by atoms with E-state index >= 15 is 0 Å². The first-order valence-corrected chi connectivity index (χ1v) is 10.8. The highest BCUT2D eigenvalue weighted by atomic mass is 35.5. The lowest BCUT2D eigenvalue weighted by atomic mass is 10.1. The molecule has 0 fully saturated rings. The monoisotopic (exact) mass is 434 g/mol. The largest absolute Gasteiger partial charge is 0.495 e. The van der Waals surface area contributed by atoms with E-state index in [4.69, 9.17) is 32.9 Å². The number of halogens is 2. The number of rotatable bonds is 6. The number of ether oxygens (including phenoxy) is 1. The van der Waals surface area contributed by atoms with Gasteiger partial charge in [-0.25, -0.2) is 4.98 Å². The van der Waals surface area contributed by atoms with E-state index in [2.05, 4.69) is 37.8 Å².